The van der Waals surface area contributed by atoms with Crippen molar-refractivity contribution in [2.75, 3.05) is 4.31 Å². The smallest absolute Gasteiger partial charge is 0.270 e. The maximum absolute atomic E-state index is 13.1. The zero-order valence-electron chi connectivity index (χ0n) is 14.7. The highest BCUT2D eigenvalue weighted by molar-refractivity contribution is 7.93. The van der Waals surface area contributed by atoms with Crippen LogP contribution < -0.4 is 4.31 Å². The number of anilines is 1. The predicted molar refractivity (Wildman–Crippen MR) is 105 cm³/mol. The van der Waals surface area contributed by atoms with Gasteiger partial charge in [0.1, 0.15) is 11.3 Å². The Hall–Kier alpha value is -2.31. The lowest BCUT2D eigenvalue weighted by molar-refractivity contribution is -0.115. The summed E-state index contributed by atoms with van der Waals surface area (Å²) in [6.45, 7) is 1.24. The van der Waals surface area contributed by atoms with Gasteiger partial charge in [0.25, 0.3) is 10.0 Å². The molecule has 0 fully saturated rings. The van der Waals surface area contributed by atoms with Gasteiger partial charge in [-0.05, 0) is 61.7 Å². The number of benzene rings is 2. The van der Waals surface area contributed by atoms with Gasteiger partial charge in [-0.25, -0.2) is 12.7 Å². The molecule has 0 bridgehead atoms. The number of aryl methyl sites for hydroxylation is 2. The second kappa shape index (κ2) is 6.69. The average Bonchev–Trinajstić information content (AvgIpc) is 3.00. The van der Waals surface area contributed by atoms with Crippen LogP contribution >= 0.6 is 11.6 Å². The van der Waals surface area contributed by atoms with Crippen LogP contribution in [-0.4, -0.2) is 14.3 Å². The molecule has 4 rings (SSSR count). The van der Waals surface area contributed by atoms with E-state index >= 15 is 0 Å². The normalized spacial score (nSPS) is 14.1. The van der Waals surface area contributed by atoms with Gasteiger partial charge in [0.2, 0.25) is 5.91 Å². The molecular weight excluding hydrogens is 386 g/mol. The van der Waals surface area contributed by atoms with Gasteiger partial charge in [-0.2, -0.15) is 0 Å². The van der Waals surface area contributed by atoms with Gasteiger partial charge in [-0.3, -0.25) is 4.79 Å². The highest BCUT2D eigenvalue weighted by atomic mass is 35.5. The third-order valence-corrected chi connectivity index (χ3v) is 6.88. The van der Waals surface area contributed by atoms with Crippen LogP contribution in [-0.2, 0) is 27.7 Å². The molecule has 0 atom stereocenters. The van der Waals surface area contributed by atoms with Crippen LogP contribution in [0.1, 0.15) is 31.1 Å². The van der Waals surface area contributed by atoms with Gasteiger partial charge >= 0.3 is 0 Å². The molecule has 1 aliphatic carbocycles. The first-order chi connectivity index (χ1) is 12.9. The third kappa shape index (κ3) is 3.13. The molecule has 27 heavy (non-hydrogen) atoms. The number of carbonyl (C=O) groups is 1. The van der Waals surface area contributed by atoms with Gasteiger partial charge in [0.05, 0.1) is 10.6 Å². The molecule has 0 saturated heterocycles. The summed E-state index contributed by atoms with van der Waals surface area (Å²) in [4.78, 5) is 12.3. The maximum atomic E-state index is 13.1. The molecule has 0 aliphatic heterocycles. The number of hydrogen-bond acceptors (Lipinski definition) is 4. The first-order valence-electron chi connectivity index (χ1n) is 8.74. The predicted octanol–water partition coefficient (Wildman–Crippen LogP) is 4.71. The van der Waals surface area contributed by atoms with Gasteiger partial charge in [-0.15, -0.1) is 0 Å². The van der Waals surface area contributed by atoms with Crippen molar-refractivity contribution in [1.82, 2.24) is 0 Å². The first-order valence-corrected chi connectivity index (χ1v) is 10.6. The standard InChI is InChI=1S/C20H18ClNO4S/c1-13(23)22(27(24,25)16-9-6-14(21)7-10-16)15-8-11-20-18(12-15)17-4-2-3-5-19(17)26-20/h6-12H,2-5H2,1H3. The number of fused-ring (bicyclic) bond motifs is 3. The van der Waals surface area contributed by atoms with Crippen LogP contribution in [0.5, 0.6) is 0 Å². The average molecular weight is 404 g/mol. The van der Waals surface area contributed by atoms with Crippen LogP contribution in [0.4, 0.5) is 5.69 Å². The van der Waals surface area contributed by atoms with Gasteiger partial charge in [0.15, 0.2) is 0 Å². The van der Waals surface area contributed by atoms with E-state index in [1.54, 1.807) is 18.2 Å². The Bertz CT molecular complexity index is 1130. The molecule has 1 aliphatic rings. The molecule has 1 aromatic heterocycles. The van der Waals surface area contributed by atoms with E-state index in [2.05, 4.69) is 0 Å². The quantitative estimate of drug-likeness (QED) is 0.635. The second-order valence-electron chi connectivity index (χ2n) is 6.63. The van der Waals surface area contributed by atoms with Crippen LogP contribution in [0.2, 0.25) is 5.02 Å². The van der Waals surface area contributed by atoms with E-state index in [1.165, 1.54) is 31.2 Å². The largest absolute Gasteiger partial charge is 0.461 e. The number of amides is 1. The van der Waals surface area contributed by atoms with E-state index in [4.69, 9.17) is 16.0 Å². The first kappa shape index (κ1) is 18.1. The van der Waals surface area contributed by atoms with Crippen molar-refractivity contribution in [3.63, 3.8) is 0 Å². The number of rotatable bonds is 3. The summed E-state index contributed by atoms with van der Waals surface area (Å²) in [7, 11) is -4.05. The fourth-order valence-electron chi connectivity index (χ4n) is 3.58. The van der Waals surface area contributed by atoms with Crippen LogP contribution in [0.25, 0.3) is 11.0 Å². The fourth-order valence-corrected chi connectivity index (χ4v) is 5.13. The minimum absolute atomic E-state index is 0.0106. The van der Waals surface area contributed by atoms with Crippen molar-refractivity contribution in [3.8, 4) is 0 Å². The molecule has 0 unspecified atom stereocenters. The second-order valence-corrected chi connectivity index (χ2v) is 8.86. The zero-order chi connectivity index (χ0) is 19.2. The Kier molecular flexibility index (Phi) is 4.48. The van der Waals surface area contributed by atoms with Gasteiger partial charge in [0, 0.05) is 29.3 Å². The molecule has 7 heteroatoms. The number of halogens is 1. The number of furan rings is 1. The summed E-state index contributed by atoms with van der Waals surface area (Å²) >= 11 is 5.86. The van der Waals surface area contributed by atoms with Crippen molar-refractivity contribution in [1.29, 1.82) is 0 Å². The van der Waals surface area contributed by atoms with Crippen molar-refractivity contribution in [2.45, 2.75) is 37.5 Å². The third-order valence-electron chi connectivity index (χ3n) is 4.81. The Morgan fingerprint density at radius 2 is 1.78 bits per heavy atom. The Labute approximate surface area is 162 Å². The summed E-state index contributed by atoms with van der Waals surface area (Å²) in [6, 6.07) is 10.8. The van der Waals surface area contributed by atoms with Crippen LogP contribution in [0, 0.1) is 0 Å². The van der Waals surface area contributed by atoms with E-state index in [0.717, 1.165) is 52.3 Å². The molecule has 2 aromatic carbocycles. The SMILES string of the molecule is CC(=O)N(c1ccc2oc3c(c2c1)CCCC3)S(=O)(=O)c1ccc(Cl)cc1. The van der Waals surface area contributed by atoms with Gasteiger partial charge in [-0.1, -0.05) is 11.6 Å². The molecule has 1 heterocycles. The molecule has 0 spiro atoms. The van der Waals surface area contributed by atoms with Crippen molar-refractivity contribution < 1.29 is 17.6 Å². The highest BCUT2D eigenvalue weighted by Crippen LogP contribution is 2.35. The summed E-state index contributed by atoms with van der Waals surface area (Å²) in [6.07, 6.45) is 3.95. The summed E-state index contributed by atoms with van der Waals surface area (Å²) in [5.74, 6) is 0.380. The van der Waals surface area contributed by atoms with Crippen molar-refractivity contribution >= 4 is 44.2 Å². The maximum Gasteiger partial charge on any atom is 0.270 e. The van der Waals surface area contributed by atoms with Crippen LogP contribution in [0.3, 0.4) is 0 Å². The summed E-state index contributed by atoms with van der Waals surface area (Å²) in [5.41, 5.74) is 2.14. The molecular formula is C20H18ClNO4S. The fraction of sp³-hybridized carbons (Fsp3) is 0.250. The molecule has 1 amide bonds. The summed E-state index contributed by atoms with van der Waals surface area (Å²) < 4.78 is 32.9. The van der Waals surface area contributed by atoms with E-state index in [9.17, 15) is 13.2 Å². The molecule has 0 N–H and O–H groups in total. The molecule has 3 aromatic rings. The Morgan fingerprint density at radius 1 is 1.07 bits per heavy atom. The zero-order valence-corrected chi connectivity index (χ0v) is 16.3. The minimum atomic E-state index is -4.05. The molecule has 0 saturated carbocycles. The lowest BCUT2D eigenvalue weighted by atomic mass is 9.96. The molecule has 140 valence electrons. The molecule has 0 radical (unpaired) electrons. The summed E-state index contributed by atoms with van der Waals surface area (Å²) in [5, 5.41) is 1.30. The topological polar surface area (TPSA) is 67.6 Å². The Morgan fingerprint density at radius 3 is 2.48 bits per heavy atom. The monoisotopic (exact) mass is 403 g/mol. The van der Waals surface area contributed by atoms with Crippen molar-refractivity contribution in [3.05, 3.63) is 58.8 Å². The van der Waals surface area contributed by atoms with Crippen molar-refractivity contribution in [2.24, 2.45) is 0 Å². The number of hydrogen-bond donors (Lipinski definition) is 0. The Balaban J connectivity index is 1.85. The number of carbonyl (C=O) groups excluding carboxylic acids is 1. The lowest BCUT2D eigenvalue weighted by Gasteiger charge is -2.21. The lowest BCUT2D eigenvalue weighted by Crippen LogP contribution is -2.35. The van der Waals surface area contributed by atoms with E-state index < -0.39 is 15.9 Å². The molecule has 5 nitrogen and oxygen atoms in total. The van der Waals surface area contributed by atoms with Crippen LogP contribution in [0.15, 0.2) is 51.8 Å². The highest BCUT2D eigenvalue weighted by Gasteiger charge is 2.29. The van der Waals surface area contributed by atoms with E-state index in [0.29, 0.717) is 10.7 Å². The van der Waals surface area contributed by atoms with E-state index in [-0.39, 0.29) is 4.90 Å². The van der Waals surface area contributed by atoms with Gasteiger partial charge < -0.3 is 4.42 Å². The number of sulfonamides is 1. The number of nitrogens with zero attached hydrogens (tertiary/aromatic N) is 1. The van der Waals surface area contributed by atoms with E-state index in [1.807, 2.05) is 0 Å². The minimum Gasteiger partial charge on any atom is -0.461 e.